The SMILES string of the molecule is CCCCCCCC/C=C\CCCCCCCC(=O)N[C@@H](CCl)C(=O)O. The Morgan fingerprint density at radius 1 is 0.885 bits per heavy atom. The van der Waals surface area contributed by atoms with E-state index < -0.39 is 12.0 Å². The summed E-state index contributed by atoms with van der Waals surface area (Å²) in [7, 11) is 0. The topological polar surface area (TPSA) is 66.4 Å². The third kappa shape index (κ3) is 16.4. The summed E-state index contributed by atoms with van der Waals surface area (Å²) in [5, 5.41) is 11.3. The van der Waals surface area contributed by atoms with Crippen molar-refractivity contribution < 1.29 is 14.7 Å². The van der Waals surface area contributed by atoms with E-state index in [0.29, 0.717) is 6.42 Å². The van der Waals surface area contributed by atoms with Gasteiger partial charge < -0.3 is 10.4 Å². The molecular formula is C21H38ClNO3. The third-order valence-electron chi connectivity index (χ3n) is 4.45. The van der Waals surface area contributed by atoms with Gasteiger partial charge in [0.05, 0.1) is 5.88 Å². The van der Waals surface area contributed by atoms with Crippen LogP contribution < -0.4 is 5.32 Å². The Hall–Kier alpha value is -1.03. The third-order valence-corrected chi connectivity index (χ3v) is 4.76. The molecule has 0 unspecified atom stereocenters. The maximum Gasteiger partial charge on any atom is 0.327 e. The van der Waals surface area contributed by atoms with Crippen LogP contribution in [-0.2, 0) is 9.59 Å². The van der Waals surface area contributed by atoms with Crippen LogP contribution in [0.25, 0.3) is 0 Å². The zero-order chi connectivity index (χ0) is 19.5. The second kappa shape index (κ2) is 18.8. The molecule has 1 amide bonds. The van der Waals surface area contributed by atoms with Gasteiger partial charge in [0, 0.05) is 6.42 Å². The number of amides is 1. The standard InChI is InChI=1S/C21H38ClNO3/c1-2-3-4-5-6-7-8-9-10-11-12-13-14-15-16-17-20(24)23-19(18-22)21(25)26/h9-10,19H,2-8,11-18H2,1H3,(H,23,24)(H,25,26)/b10-9-/t19-/m0/s1. The number of carbonyl (C=O) groups excluding carboxylic acids is 1. The van der Waals surface area contributed by atoms with E-state index in [1.807, 2.05) is 0 Å². The maximum atomic E-state index is 11.6. The molecule has 2 N–H and O–H groups in total. The van der Waals surface area contributed by atoms with Crippen LogP contribution in [0, 0.1) is 0 Å². The lowest BCUT2D eigenvalue weighted by atomic mass is 10.1. The van der Waals surface area contributed by atoms with Crippen LogP contribution in [0.15, 0.2) is 12.2 Å². The predicted molar refractivity (Wildman–Crippen MR) is 110 cm³/mol. The lowest BCUT2D eigenvalue weighted by molar-refractivity contribution is -0.141. The first kappa shape index (κ1) is 25.0. The van der Waals surface area contributed by atoms with Gasteiger partial charge in [0.15, 0.2) is 0 Å². The molecular weight excluding hydrogens is 350 g/mol. The zero-order valence-corrected chi connectivity index (χ0v) is 17.2. The minimum atomic E-state index is -1.09. The summed E-state index contributed by atoms with van der Waals surface area (Å²) in [6.07, 6.45) is 20.8. The minimum absolute atomic E-state index is 0.104. The van der Waals surface area contributed by atoms with Crippen molar-refractivity contribution >= 4 is 23.5 Å². The van der Waals surface area contributed by atoms with Crippen molar-refractivity contribution in [2.24, 2.45) is 0 Å². The molecule has 0 aromatic heterocycles. The Morgan fingerprint density at radius 2 is 1.38 bits per heavy atom. The monoisotopic (exact) mass is 387 g/mol. The number of carbonyl (C=O) groups is 2. The number of nitrogens with one attached hydrogen (secondary N) is 1. The molecule has 0 bridgehead atoms. The van der Waals surface area contributed by atoms with Gasteiger partial charge >= 0.3 is 5.97 Å². The molecule has 0 spiro atoms. The highest BCUT2D eigenvalue weighted by molar-refractivity contribution is 6.19. The number of allylic oxidation sites excluding steroid dienone is 2. The first-order chi connectivity index (χ1) is 12.6. The molecule has 5 heteroatoms. The molecule has 0 aromatic carbocycles. The highest BCUT2D eigenvalue weighted by Gasteiger charge is 2.17. The smallest absolute Gasteiger partial charge is 0.327 e. The fourth-order valence-corrected chi connectivity index (χ4v) is 3.00. The Morgan fingerprint density at radius 3 is 1.88 bits per heavy atom. The second-order valence-corrected chi connectivity index (χ2v) is 7.26. The molecule has 152 valence electrons. The van der Waals surface area contributed by atoms with Gasteiger partial charge in [-0.15, -0.1) is 11.6 Å². The van der Waals surface area contributed by atoms with Crippen LogP contribution in [0.5, 0.6) is 0 Å². The summed E-state index contributed by atoms with van der Waals surface area (Å²) < 4.78 is 0. The largest absolute Gasteiger partial charge is 0.480 e. The summed E-state index contributed by atoms with van der Waals surface area (Å²) in [5.41, 5.74) is 0. The van der Waals surface area contributed by atoms with Gasteiger partial charge in [-0.3, -0.25) is 4.79 Å². The van der Waals surface area contributed by atoms with Crippen molar-refractivity contribution in [3.63, 3.8) is 0 Å². The van der Waals surface area contributed by atoms with Crippen LogP contribution in [-0.4, -0.2) is 28.9 Å². The molecule has 0 saturated heterocycles. The van der Waals surface area contributed by atoms with Crippen molar-refractivity contribution in [3.8, 4) is 0 Å². The number of unbranched alkanes of at least 4 members (excludes halogenated alkanes) is 11. The van der Waals surface area contributed by atoms with Crippen molar-refractivity contribution in [2.75, 3.05) is 5.88 Å². The number of carboxylic acids is 1. The van der Waals surface area contributed by atoms with E-state index in [-0.39, 0.29) is 11.8 Å². The fraction of sp³-hybridized carbons (Fsp3) is 0.810. The molecule has 0 aliphatic rings. The van der Waals surface area contributed by atoms with Crippen molar-refractivity contribution in [1.82, 2.24) is 5.32 Å². The number of aliphatic carboxylic acids is 1. The molecule has 0 aliphatic carbocycles. The summed E-state index contributed by atoms with van der Waals surface area (Å²) in [5.74, 6) is -1.42. The van der Waals surface area contributed by atoms with E-state index >= 15 is 0 Å². The second-order valence-electron chi connectivity index (χ2n) is 6.95. The first-order valence-electron chi connectivity index (χ1n) is 10.3. The first-order valence-corrected chi connectivity index (χ1v) is 10.9. The molecule has 0 heterocycles. The normalized spacial score (nSPS) is 12.4. The van der Waals surface area contributed by atoms with Crippen molar-refractivity contribution in [2.45, 2.75) is 103 Å². The van der Waals surface area contributed by atoms with Gasteiger partial charge in [-0.2, -0.15) is 0 Å². The van der Waals surface area contributed by atoms with Crippen molar-refractivity contribution in [1.29, 1.82) is 0 Å². The van der Waals surface area contributed by atoms with Gasteiger partial charge in [0.1, 0.15) is 6.04 Å². The van der Waals surface area contributed by atoms with Gasteiger partial charge in [0.2, 0.25) is 5.91 Å². The minimum Gasteiger partial charge on any atom is -0.480 e. The van der Waals surface area contributed by atoms with Crippen LogP contribution in [0.4, 0.5) is 0 Å². The molecule has 26 heavy (non-hydrogen) atoms. The fourth-order valence-electron chi connectivity index (χ4n) is 2.79. The van der Waals surface area contributed by atoms with Gasteiger partial charge in [0.25, 0.3) is 0 Å². The lowest BCUT2D eigenvalue weighted by Crippen LogP contribution is -2.41. The number of hydrogen-bond acceptors (Lipinski definition) is 2. The molecule has 0 saturated carbocycles. The van der Waals surface area contributed by atoms with E-state index in [1.54, 1.807) is 0 Å². The molecule has 0 radical (unpaired) electrons. The molecule has 0 fully saturated rings. The van der Waals surface area contributed by atoms with Crippen LogP contribution in [0.2, 0.25) is 0 Å². The summed E-state index contributed by atoms with van der Waals surface area (Å²) in [6, 6.07) is -0.979. The van der Waals surface area contributed by atoms with Gasteiger partial charge in [-0.05, 0) is 32.1 Å². The quantitative estimate of drug-likeness (QED) is 0.176. The van der Waals surface area contributed by atoms with E-state index in [4.69, 9.17) is 16.7 Å². The molecule has 1 atom stereocenters. The maximum absolute atomic E-state index is 11.6. The summed E-state index contributed by atoms with van der Waals surface area (Å²) >= 11 is 5.50. The summed E-state index contributed by atoms with van der Waals surface area (Å²) in [6.45, 7) is 2.25. The number of rotatable bonds is 18. The van der Waals surface area contributed by atoms with E-state index in [0.717, 1.165) is 25.7 Å². The molecule has 0 aliphatic heterocycles. The molecule has 4 nitrogen and oxygen atoms in total. The van der Waals surface area contributed by atoms with Gasteiger partial charge in [-0.25, -0.2) is 4.79 Å². The Bertz CT molecular complexity index is 385. The molecule has 0 rings (SSSR count). The average molecular weight is 388 g/mol. The van der Waals surface area contributed by atoms with E-state index in [1.165, 1.54) is 57.8 Å². The molecule has 0 aromatic rings. The average Bonchev–Trinajstić information content (AvgIpc) is 2.62. The van der Waals surface area contributed by atoms with E-state index in [9.17, 15) is 9.59 Å². The van der Waals surface area contributed by atoms with E-state index in [2.05, 4.69) is 24.4 Å². The predicted octanol–water partition coefficient (Wildman–Crippen LogP) is 5.83. The number of carboxylic acid groups (broad SMARTS) is 1. The zero-order valence-electron chi connectivity index (χ0n) is 16.5. The van der Waals surface area contributed by atoms with Crippen LogP contribution in [0.1, 0.15) is 96.8 Å². The Labute approximate surface area is 164 Å². The highest BCUT2D eigenvalue weighted by Crippen LogP contribution is 2.10. The van der Waals surface area contributed by atoms with Gasteiger partial charge in [-0.1, -0.05) is 70.4 Å². The number of alkyl halides is 1. The Balaban J connectivity index is 3.36. The van der Waals surface area contributed by atoms with Crippen LogP contribution >= 0.6 is 11.6 Å². The summed E-state index contributed by atoms with van der Waals surface area (Å²) in [4.78, 5) is 22.4. The van der Waals surface area contributed by atoms with Crippen molar-refractivity contribution in [3.05, 3.63) is 12.2 Å². The Kier molecular flexibility index (Phi) is 18.0. The number of hydrogen-bond donors (Lipinski definition) is 2. The lowest BCUT2D eigenvalue weighted by Gasteiger charge is -2.11. The highest BCUT2D eigenvalue weighted by atomic mass is 35.5. The van der Waals surface area contributed by atoms with Crippen LogP contribution in [0.3, 0.4) is 0 Å². The number of halogens is 1.